The normalized spacial score (nSPS) is 11.8. The Hall–Kier alpha value is -2.71. The topological polar surface area (TPSA) is 39.9 Å². The zero-order valence-electron chi connectivity index (χ0n) is 16.4. The van der Waals surface area contributed by atoms with E-state index in [0.717, 1.165) is 28.5 Å². The molecular weight excluding hydrogens is 447 g/mol. The molecule has 9 heteroatoms. The quantitative estimate of drug-likeness (QED) is 0.295. The van der Waals surface area contributed by atoms with E-state index >= 15 is 0 Å². The lowest BCUT2D eigenvalue weighted by atomic mass is 10.2. The van der Waals surface area contributed by atoms with Crippen molar-refractivity contribution in [2.24, 2.45) is 0 Å². The van der Waals surface area contributed by atoms with Gasteiger partial charge < -0.3 is 4.74 Å². The molecule has 0 saturated heterocycles. The van der Waals surface area contributed by atoms with Gasteiger partial charge in [0.1, 0.15) is 11.4 Å². The Morgan fingerprint density at radius 2 is 1.84 bits per heavy atom. The van der Waals surface area contributed by atoms with Crippen LogP contribution < -0.4 is 4.74 Å². The second kappa shape index (κ2) is 8.80. The van der Waals surface area contributed by atoms with Crippen LogP contribution in [-0.4, -0.2) is 21.1 Å². The van der Waals surface area contributed by atoms with Gasteiger partial charge in [0.05, 0.1) is 17.6 Å². The predicted octanol–water partition coefficient (Wildman–Crippen LogP) is 6.78. The van der Waals surface area contributed by atoms with Crippen LogP contribution in [0.2, 0.25) is 5.02 Å². The van der Waals surface area contributed by atoms with Crippen LogP contribution in [-0.2, 0) is 11.9 Å². The Kier molecular flexibility index (Phi) is 6.11. The minimum atomic E-state index is -4.45. The molecule has 2 aromatic carbocycles. The van der Waals surface area contributed by atoms with Gasteiger partial charge in [-0.15, -0.1) is 0 Å². The fourth-order valence-electron chi connectivity index (χ4n) is 3.06. The van der Waals surface area contributed by atoms with E-state index in [1.807, 2.05) is 47.9 Å². The second-order valence-electron chi connectivity index (χ2n) is 6.63. The maximum absolute atomic E-state index is 12.7. The lowest BCUT2D eigenvalue weighted by Gasteiger charge is -2.11. The molecule has 2 heterocycles. The first-order valence-corrected chi connectivity index (χ1v) is 10.8. The number of ether oxygens (including phenoxy) is 1. The van der Waals surface area contributed by atoms with Gasteiger partial charge >= 0.3 is 6.18 Å². The Balaban J connectivity index is 1.66. The fraction of sp³-hybridized carbons (Fsp3) is 0.182. The highest BCUT2D eigenvalue weighted by molar-refractivity contribution is 7.98. The summed E-state index contributed by atoms with van der Waals surface area (Å²) in [7, 11) is 0. The maximum Gasteiger partial charge on any atom is 0.433 e. The van der Waals surface area contributed by atoms with Crippen LogP contribution in [0.15, 0.2) is 66.0 Å². The highest BCUT2D eigenvalue weighted by Crippen LogP contribution is 2.33. The van der Waals surface area contributed by atoms with Gasteiger partial charge in [0.15, 0.2) is 5.16 Å². The Morgan fingerprint density at radius 1 is 1.06 bits per heavy atom. The first-order chi connectivity index (χ1) is 14.8. The van der Waals surface area contributed by atoms with E-state index in [2.05, 4.69) is 4.98 Å². The van der Waals surface area contributed by atoms with E-state index in [4.69, 9.17) is 21.3 Å². The van der Waals surface area contributed by atoms with Crippen molar-refractivity contribution in [3.05, 3.63) is 77.1 Å². The summed E-state index contributed by atoms with van der Waals surface area (Å²) in [5, 5.41) is 1.28. The number of fused-ring (bicyclic) bond motifs is 1. The number of nitrogens with zero attached hydrogens (tertiary/aromatic N) is 3. The first kappa shape index (κ1) is 21.5. The monoisotopic (exact) mass is 463 g/mol. The van der Waals surface area contributed by atoms with Crippen molar-refractivity contribution in [1.29, 1.82) is 0 Å². The van der Waals surface area contributed by atoms with E-state index in [1.54, 1.807) is 6.07 Å². The van der Waals surface area contributed by atoms with E-state index in [0.29, 0.717) is 28.1 Å². The molecule has 0 fully saturated rings. The number of thioether (sulfide) groups is 1. The largest absolute Gasteiger partial charge is 0.494 e. The number of rotatable bonds is 6. The number of pyridine rings is 1. The van der Waals surface area contributed by atoms with Crippen molar-refractivity contribution in [3.63, 3.8) is 0 Å². The van der Waals surface area contributed by atoms with Gasteiger partial charge in [-0.05, 0) is 61.0 Å². The van der Waals surface area contributed by atoms with Gasteiger partial charge in [0, 0.05) is 22.7 Å². The molecule has 4 aromatic rings. The molecule has 0 amide bonds. The van der Waals surface area contributed by atoms with Gasteiger partial charge in [0.25, 0.3) is 0 Å². The molecule has 0 saturated carbocycles. The lowest BCUT2D eigenvalue weighted by molar-refractivity contribution is -0.141. The highest BCUT2D eigenvalue weighted by Gasteiger charge is 2.32. The molecule has 0 aliphatic rings. The van der Waals surface area contributed by atoms with Crippen molar-refractivity contribution < 1.29 is 17.9 Å². The van der Waals surface area contributed by atoms with Crippen LogP contribution in [0.25, 0.3) is 16.7 Å². The van der Waals surface area contributed by atoms with Gasteiger partial charge in [-0.3, -0.25) is 9.55 Å². The standard InChI is InChI=1S/C22H17ClF3N3OS/c1-2-30-17-7-5-16(6-8-17)29-19-11-15(23)4-9-18(19)28-21(29)31-13-14-3-10-20(27-12-14)22(24,25)26/h3-12H,2,13H2,1H3. The summed E-state index contributed by atoms with van der Waals surface area (Å²) < 4.78 is 45.7. The van der Waals surface area contributed by atoms with Crippen molar-refractivity contribution in [2.75, 3.05) is 6.61 Å². The number of hydrogen-bond donors (Lipinski definition) is 0. The van der Waals surface area contributed by atoms with Gasteiger partial charge in [0.2, 0.25) is 0 Å². The number of alkyl halides is 3. The molecule has 31 heavy (non-hydrogen) atoms. The van der Waals surface area contributed by atoms with Crippen molar-refractivity contribution in [2.45, 2.75) is 24.0 Å². The second-order valence-corrected chi connectivity index (χ2v) is 8.01. The van der Waals surface area contributed by atoms with Gasteiger partial charge in [-0.2, -0.15) is 13.2 Å². The zero-order chi connectivity index (χ0) is 22.0. The van der Waals surface area contributed by atoms with Crippen LogP contribution in [0.1, 0.15) is 18.2 Å². The number of aromatic nitrogens is 3. The number of halogens is 4. The van der Waals surface area contributed by atoms with E-state index in [-0.39, 0.29) is 0 Å². The molecule has 0 unspecified atom stereocenters. The van der Waals surface area contributed by atoms with Crippen molar-refractivity contribution in [3.8, 4) is 11.4 Å². The Morgan fingerprint density at radius 3 is 2.48 bits per heavy atom. The Bertz CT molecular complexity index is 1190. The molecule has 0 radical (unpaired) electrons. The van der Waals surface area contributed by atoms with Gasteiger partial charge in [-0.25, -0.2) is 4.98 Å². The smallest absolute Gasteiger partial charge is 0.433 e. The van der Waals surface area contributed by atoms with Crippen molar-refractivity contribution in [1.82, 2.24) is 14.5 Å². The number of benzene rings is 2. The average molecular weight is 464 g/mol. The molecule has 0 atom stereocenters. The summed E-state index contributed by atoms with van der Waals surface area (Å²) in [5.74, 6) is 1.18. The molecule has 0 bridgehead atoms. The average Bonchev–Trinajstić information content (AvgIpc) is 3.10. The summed E-state index contributed by atoms with van der Waals surface area (Å²) in [6.07, 6.45) is -3.21. The number of hydrogen-bond acceptors (Lipinski definition) is 4. The van der Waals surface area contributed by atoms with E-state index in [9.17, 15) is 13.2 Å². The van der Waals surface area contributed by atoms with Crippen LogP contribution in [0.5, 0.6) is 5.75 Å². The highest BCUT2D eigenvalue weighted by atomic mass is 35.5. The molecular formula is C22H17ClF3N3OS. The summed E-state index contributed by atoms with van der Waals surface area (Å²) in [6, 6.07) is 15.5. The molecule has 0 spiro atoms. The van der Waals surface area contributed by atoms with Crippen LogP contribution in [0.4, 0.5) is 13.2 Å². The lowest BCUT2D eigenvalue weighted by Crippen LogP contribution is -2.07. The third kappa shape index (κ3) is 4.80. The van der Waals surface area contributed by atoms with Crippen LogP contribution in [0.3, 0.4) is 0 Å². The molecule has 0 N–H and O–H groups in total. The fourth-order valence-corrected chi connectivity index (χ4v) is 4.18. The van der Waals surface area contributed by atoms with E-state index < -0.39 is 11.9 Å². The summed E-state index contributed by atoms with van der Waals surface area (Å²) in [4.78, 5) is 8.22. The zero-order valence-corrected chi connectivity index (χ0v) is 17.9. The van der Waals surface area contributed by atoms with E-state index in [1.165, 1.54) is 24.0 Å². The maximum atomic E-state index is 12.7. The van der Waals surface area contributed by atoms with Crippen LogP contribution in [0, 0.1) is 0 Å². The minimum absolute atomic E-state index is 0.416. The molecule has 0 aliphatic heterocycles. The predicted molar refractivity (Wildman–Crippen MR) is 116 cm³/mol. The van der Waals surface area contributed by atoms with Crippen molar-refractivity contribution >= 4 is 34.4 Å². The minimum Gasteiger partial charge on any atom is -0.494 e. The molecule has 4 nitrogen and oxygen atoms in total. The Labute approximate surface area is 186 Å². The van der Waals surface area contributed by atoms with Gasteiger partial charge in [-0.1, -0.05) is 29.4 Å². The molecule has 0 aliphatic carbocycles. The summed E-state index contributed by atoms with van der Waals surface area (Å²) in [5.41, 5.74) is 2.25. The number of imidazole rings is 1. The van der Waals surface area contributed by atoms with Crippen LogP contribution >= 0.6 is 23.4 Å². The third-order valence-electron chi connectivity index (χ3n) is 4.47. The first-order valence-electron chi connectivity index (χ1n) is 9.41. The molecule has 160 valence electrons. The third-order valence-corrected chi connectivity index (χ3v) is 5.72. The molecule has 2 aromatic heterocycles. The molecule has 4 rings (SSSR count). The summed E-state index contributed by atoms with van der Waals surface area (Å²) in [6.45, 7) is 2.50. The SMILES string of the molecule is CCOc1ccc(-n2c(SCc3ccc(C(F)(F)F)nc3)nc3ccc(Cl)cc32)cc1. The summed E-state index contributed by atoms with van der Waals surface area (Å²) >= 11 is 7.62.